The van der Waals surface area contributed by atoms with Crippen LogP contribution < -0.4 is 0 Å². The van der Waals surface area contributed by atoms with Gasteiger partial charge in [0.1, 0.15) is 5.54 Å². The summed E-state index contributed by atoms with van der Waals surface area (Å²) in [6, 6.07) is 0. The van der Waals surface area contributed by atoms with Crippen LogP contribution in [0.2, 0.25) is 0 Å². The molecule has 0 aromatic rings. The Balaban J connectivity index is 2.58. The van der Waals surface area contributed by atoms with Gasteiger partial charge in [-0.05, 0) is 12.8 Å². The third-order valence-electron chi connectivity index (χ3n) is 4.19. The number of nitrogens with zero attached hydrogens (tertiary/aromatic N) is 1. The minimum atomic E-state index is -0.308. The van der Waals surface area contributed by atoms with Crippen molar-refractivity contribution in [3.05, 3.63) is 12.7 Å². The van der Waals surface area contributed by atoms with Crippen molar-refractivity contribution >= 4 is 5.97 Å². The summed E-state index contributed by atoms with van der Waals surface area (Å²) in [5, 5.41) is 0. The third kappa shape index (κ3) is 3.56. The number of hydrogen-bond acceptors (Lipinski definition) is 2. The van der Waals surface area contributed by atoms with E-state index in [1.54, 1.807) is 0 Å². The standard InChI is InChI=1S/C14H26NO2/c1-5-13(16)17-12-11-14(15(2,3)4)9-7-6-8-10-14/h5H,1,6-12H2,2-4H3/q+1. The Morgan fingerprint density at radius 3 is 2.35 bits per heavy atom. The Hall–Kier alpha value is -0.830. The first-order valence-electron chi connectivity index (χ1n) is 6.52. The lowest BCUT2D eigenvalue weighted by Gasteiger charge is -2.48. The summed E-state index contributed by atoms with van der Waals surface area (Å²) in [6.45, 7) is 3.93. The van der Waals surface area contributed by atoms with E-state index < -0.39 is 0 Å². The lowest BCUT2D eigenvalue weighted by molar-refractivity contribution is -0.926. The lowest BCUT2D eigenvalue weighted by atomic mass is 9.77. The topological polar surface area (TPSA) is 26.3 Å². The van der Waals surface area contributed by atoms with Gasteiger partial charge in [-0.2, -0.15) is 0 Å². The molecule has 17 heavy (non-hydrogen) atoms. The van der Waals surface area contributed by atoms with Crippen molar-refractivity contribution in [2.24, 2.45) is 0 Å². The molecular formula is C14H26NO2+. The van der Waals surface area contributed by atoms with E-state index in [2.05, 4.69) is 27.7 Å². The van der Waals surface area contributed by atoms with Gasteiger partial charge in [-0.1, -0.05) is 13.0 Å². The Labute approximate surface area is 105 Å². The number of rotatable bonds is 5. The summed E-state index contributed by atoms with van der Waals surface area (Å²) in [5.74, 6) is -0.308. The van der Waals surface area contributed by atoms with Crippen LogP contribution in [0.1, 0.15) is 38.5 Å². The predicted molar refractivity (Wildman–Crippen MR) is 69.6 cm³/mol. The number of ether oxygens (including phenoxy) is 1. The molecule has 1 rings (SSSR count). The molecule has 0 aromatic heterocycles. The number of carbonyl (C=O) groups excluding carboxylic acids is 1. The fraction of sp³-hybridized carbons (Fsp3) is 0.786. The molecule has 1 fully saturated rings. The maximum atomic E-state index is 11.1. The molecular weight excluding hydrogens is 214 g/mol. The van der Waals surface area contributed by atoms with E-state index in [1.807, 2.05) is 0 Å². The summed E-state index contributed by atoms with van der Waals surface area (Å²) in [5.41, 5.74) is 0.277. The van der Waals surface area contributed by atoms with Crippen LogP contribution >= 0.6 is 0 Å². The van der Waals surface area contributed by atoms with Crippen LogP contribution in [0.3, 0.4) is 0 Å². The Bertz CT molecular complexity index is 272. The van der Waals surface area contributed by atoms with Gasteiger partial charge in [0, 0.05) is 25.3 Å². The molecule has 0 heterocycles. The molecule has 1 saturated carbocycles. The second-order valence-electron chi connectivity index (χ2n) is 5.92. The van der Waals surface area contributed by atoms with Crippen molar-refractivity contribution in [3.8, 4) is 0 Å². The minimum absolute atomic E-state index is 0.277. The van der Waals surface area contributed by atoms with E-state index in [4.69, 9.17) is 4.74 Å². The molecule has 0 aliphatic heterocycles. The zero-order valence-corrected chi connectivity index (χ0v) is 11.5. The first-order valence-corrected chi connectivity index (χ1v) is 6.52. The van der Waals surface area contributed by atoms with Crippen molar-refractivity contribution < 1.29 is 14.0 Å². The second kappa shape index (κ2) is 5.67. The van der Waals surface area contributed by atoms with Crippen LogP contribution in [-0.2, 0) is 9.53 Å². The highest BCUT2D eigenvalue weighted by atomic mass is 16.5. The highest BCUT2D eigenvalue weighted by molar-refractivity contribution is 5.81. The monoisotopic (exact) mass is 240 g/mol. The van der Waals surface area contributed by atoms with Gasteiger partial charge in [0.2, 0.25) is 0 Å². The van der Waals surface area contributed by atoms with Gasteiger partial charge in [-0.25, -0.2) is 4.79 Å². The fourth-order valence-electron chi connectivity index (χ4n) is 2.87. The zero-order chi connectivity index (χ0) is 12.9. The molecule has 0 saturated heterocycles. The minimum Gasteiger partial charge on any atom is -0.462 e. The first-order chi connectivity index (χ1) is 7.91. The molecule has 1 aliphatic rings. The van der Waals surface area contributed by atoms with Crippen LogP contribution in [0.15, 0.2) is 12.7 Å². The molecule has 3 nitrogen and oxygen atoms in total. The largest absolute Gasteiger partial charge is 0.462 e. The molecule has 0 unspecified atom stereocenters. The molecule has 3 heteroatoms. The van der Waals surface area contributed by atoms with Crippen molar-refractivity contribution in [1.82, 2.24) is 0 Å². The molecule has 1 aliphatic carbocycles. The van der Waals surface area contributed by atoms with Crippen LogP contribution in [0, 0.1) is 0 Å². The third-order valence-corrected chi connectivity index (χ3v) is 4.19. The number of hydrogen-bond donors (Lipinski definition) is 0. The molecule has 0 atom stereocenters. The smallest absolute Gasteiger partial charge is 0.330 e. The van der Waals surface area contributed by atoms with E-state index >= 15 is 0 Å². The summed E-state index contributed by atoms with van der Waals surface area (Å²) in [4.78, 5) is 11.1. The summed E-state index contributed by atoms with van der Waals surface area (Å²) < 4.78 is 6.10. The van der Waals surface area contributed by atoms with Gasteiger partial charge in [-0.15, -0.1) is 0 Å². The quantitative estimate of drug-likeness (QED) is 0.419. The van der Waals surface area contributed by atoms with Gasteiger partial charge < -0.3 is 9.22 Å². The number of quaternary nitrogens is 1. The van der Waals surface area contributed by atoms with Crippen LogP contribution in [0.5, 0.6) is 0 Å². The number of carbonyl (C=O) groups is 1. The maximum absolute atomic E-state index is 11.1. The zero-order valence-electron chi connectivity index (χ0n) is 11.5. The second-order valence-corrected chi connectivity index (χ2v) is 5.92. The van der Waals surface area contributed by atoms with Gasteiger partial charge in [0.25, 0.3) is 0 Å². The van der Waals surface area contributed by atoms with E-state index in [-0.39, 0.29) is 11.5 Å². The van der Waals surface area contributed by atoms with Crippen LogP contribution in [0.4, 0.5) is 0 Å². The molecule has 0 amide bonds. The summed E-state index contributed by atoms with van der Waals surface area (Å²) >= 11 is 0. The van der Waals surface area contributed by atoms with Gasteiger partial charge >= 0.3 is 5.97 Å². The average Bonchev–Trinajstić information content (AvgIpc) is 2.28. The highest BCUT2D eigenvalue weighted by Crippen LogP contribution is 2.38. The van der Waals surface area contributed by atoms with E-state index in [0.717, 1.165) is 10.9 Å². The van der Waals surface area contributed by atoms with E-state index in [9.17, 15) is 4.79 Å². The Morgan fingerprint density at radius 2 is 1.88 bits per heavy atom. The summed E-state index contributed by atoms with van der Waals surface area (Å²) in [7, 11) is 6.75. The average molecular weight is 240 g/mol. The van der Waals surface area contributed by atoms with Crippen LogP contribution in [0.25, 0.3) is 0 Å². The Kier molecular flexibility index (Phi) is 4.75. The normalized spacial score (nSPS) is 19.7. The van der Waals surface area contributed by atoms with Crippen LogP contribution in [-0.4, -0.2) is 43.7 Å². The van der Waals surface area contributed by atoms with Gasteiger partial charge in [0.05, 0.1) is 27.7 Å². The van der Waals surface area contributed by atoms with E-state index in [1.165, 1.54) is 38.2 Å². The Morgan fingerprint density at radius 1 is 1.29 bits per heavy atom. The molecule has 98 valence electrons. The molecule has 0 aromatic carbocycles. The van der Waals surface area contributed by atoms with E-state index in [0.29, 0.717) is 6.61 Å². The fourth-order valence-corrected chi connectivity index (χ4v) is 2.87. The summed E-state index contributed by atoms with van der Waals surface area (Å²) in [6.07, 6.45) is 8.60. The molecule has 0 bridgehead atoms. The molecule has 0 radical (unpaired) electrons. The van der Waals surface area contributed by atoms with Crippen molar-refractivity contribution in [1.29, 1.82) is 0 Å². The van der Waals surface area contributed by atoms with Crippen molar-refractivity contribution in [2.45, 2.75) is 44.1 Å². The number of esters is 1. The predicted octanol–water partition coefficient (Wildman–Crippen LogP) is 2.51. The van der Waals surface area contributed by atoms with Crippen molar-refractivity contribution in [2.75, 3.05) is 27.7 Å². The SMILES string of the molecule is C=CC(=O)OCCC1([N+](C)(C)C)CCCCC1. The first kappa shape index (κ1) is 14.2. The maximum Gasteiger partial charge on any atom is 0.330 e. The van der Waals surface area contributed by atoms with Crippen molar-refractivity contribution in [3.63, 3.8) is 0 Å². The van der Waals surface area contributed by atoms with Gasteiger partial charge in [0.15, 0.2) is 0 Å². The van der Waals surface area contributed by atoms with Gasteiger partial charge in [-0.3, -0.25) is 0 Å². The molecule has 0 spiro atoms. The lowest BCUT2D eigenvalue weighted by Crippen LogP contribution is -2.58. The molecule has 0 N–H and O–H groups in total. The highest BCUT2D eigenvalue weighted by Gasteiger charge is 2.43.